The summed E-state index contributed by atoms with van der Waals surface area (Å²) in [5.41, 5.74) is 5.68. The van der Waals surface area contributed by atoms with Crippen LogP contribution in [0.2, 0.25) is 0 Å². The molecule has 1 amide bonds. The molecule has 0 aliphatic carbocycles. The lowest BCUT2D eigenvalue weighted by molar-refractivity contribution is -0.135. The molecule has 0 radical (unpaired) electrons. The van der Waals surface area contributed by atoms with Crippen molar-refractivity contribution in [2.45, 2.75) is 25.8 Å². The Balaban J connectivity index is 2.30. The van der Waals surface area contributed by atoms with Crippen molar-refractivity contribution in [3.63, 3.8) is 0 Å². The summed E-state index contributed by atoms with van der Waals surface area (Å²) in [5, 5.41) is 0. The quantitative estimate of drug-likeness (QED) is 0.687. The maximum atomic E-state index is 11.7. The Hall–Kier alpha value is -0.940. The van der Waals surface area contributed by atoms with E-state index in [4.69, 9.17) is 10.5 Å². The number of morpholine rings is 1. The predicted molar refractivity (Wildman–Crippen MR) is 55.3 cm³/mol. The number of ketones is 1. The number of hydrogen-bond acceptors (Lipinski definition) is 4. The van der Waals surface area contributed by atoms with Crippen LogP contribution in [0.25, 0.3) is 0 Å². The minimum atomic E-state index is -0.349. The average molecular weight is 214 g/mol. The highest BCUT2D eigenvalue weighted by Crippen LogP contribution is 2.04. The second-order valence-corrected chi connectivity index (χ2v) is 3.86. The maximum absolute atomic E-state index is 11.7. The van der Waals surface area contributed by atoms with Gasteiger partial charge < -0.3 is 15.4 Å². The molecule has 1 rings (SSSR count). The van der Waals surface area contributed by atoms with E-state index in [0.29, 0.717) is 26.3 Å². The monoisotopic (exact) mass is 214 g/mol. The van der Waals surface area contributed by atoms with Gasteiger partial charge in [0, 0.05) is 32.0 Å². The number of carbonyl (C=O) groups is 2. The van der Waals surface area contributed by atoms with E-state index < -0.39 is 0 Å². The van der Waals surface area contributed by atoms with Crippen LogP contribution in [0.4, 0.5) is 0 Å². The van der Waals surface area contributed by atoms with Gasteiger partial charge in [-0.2, -0.15) is 0 Å². The number of ether oxygens (including phenoxy) is 1. The molecular weight excluding hydrogens is 196 g/mol. The molecule has 1 atom stereocenters. The maximum Gasteiger partial charge on any atom is 0.224 e. The smallest absolute Gasteiger partial charge is 0.224 e. The van der Waals surface area contributed by atoms with E-state index in [1.165, 1.54) is 6.92 Å². The van der Waals surface area contributed by atoms with Crippen LogP contribution in [0, 0.1) is 0 Å². The predicted octanol–water partition coefficient (Wildman–Crippen LogP) is -0.458. The van der Waals surface area contributed by atoms with Crippen LogP contribution >= 0.6 is 0 Å². The fourth-order valence-corrected chi connectivity index (χ4v) is 1.61. The molecular formula is C10H18N2O3. The van der Waals surface area contributed by atoms with Crippen LogP contribution in [0.15, 0.2) is 0 Å². The highest BCUT2D eigenvalue weighted by atomic mass is 16.5. The Morgan fingerprint density at radius 2 is 1.93 bits per heavy atom. The van der Waals surface area contributed by atoms with E-state index in [-0.39, 0.29) is 30.6 Å². The topological polar surface area (TPSA) is 72.6 Å². The lowest BCUT2D eigenvalue weighted by Gasteiger charge is -2.27. The lowest BCUT2D eigenvalue weighted by Crippen LogP contribution is -2.43. The third kappa shape index (κ3) is 4.40. The van der Waals surface area contributed by atoms with Crippen LogP contribution in [0.5, 0.6) is 0 Å². The van der Waals surface area contributed by atoms with Gasteiger partial charge in [0.05, 0.1) is 13.2 Å². The van der Waals surface area contributed by atoms with Gasteiger partial charge in [-0.1, -0.05) is 0 Å². The molecule has 86 valence electrons. The number of Topliss-reactive ketones (excluding diaryl/α,β-unsaturated/α-hetero) is 1. The van der Waals surface area contributed by atoms with Gasteiger partial charge in [0.2, 0.25) is 5.91 Å². The first-order valence-corrected chi connectivity index (χ1v) is 5.20. The molecule has 0 saturated carbocycles. The first-order chi connectivity index (χ1) is 7.09. The van der Waals surface area contributed by atoms with Crippen LogP contribution in [0.1, 0.15) is 19.8 Å². The van der Waals surface area contributed by atoms with Gasteiger partial charge in [-0.05, 0) is 6.92 Å². The van der Waals surface area contributed by atoms with E-state index in [1.54, 1.807) is 4.90 Å². The van der Waals surface area contributed by atoms with Crippen molar-refractivity contribution in [1.29, 1.82) is 0 Å². The summed E-state index contributed by atoms with van der Waals surface area (Å²) in [5.74, 6) is 0.0457. The SMILES string of the molecule is CC(=O)C[C@H](N)CC(=O)N1CCOCC1. The first-order valence-electron chi connectivity index (χ1n) is 5.20. The molecule has 0 aromatic rings. The highest BCUT2D eigenvalue weighted by molar-refractivity contribution is 5.80. The fourth-order valence-electron chi connectivity index (χ4n) is 1.61. The zero-order valence-electron chi connectivity index (χ0n) is 9.07. The molecule has 5 nitrogen and oxygen atoms in total. The number of nitrogens with two attached hydrogens (primary N) is 1. The van der Waals surface area contributed by atoms with E-state index in [9.17, 15) is 9.59 Å². The summed E-state index contributed by atoms with van der Waals surface area (Å²) in [6, 6.07) is -0.349. The normalized spacial score (nSPS) is 18.7. The van der Waals surface area contributed by atoms with Crippen molar-refractivity contribution in [2.24, 2.45) is 5.73 Å². The number of hydrogen-bond donors (Lipinski definition) is 1. The Morgan fingerprint density at radius 1 is 1.33 bits per heavy atom. The van der Waals surface area contributed by atoms with Crippen LogP contribution in [0.3, 0.4) is 0 Å². The van der Waals surface area contributed by atoms with Gasteiger partial charge in [0.15, 0.2) is 0 Å². The fraction of sp³-hybridized carbons (Fsp3) is 0.800. The Morgan fingerprint density at radius 3 is 2.47 bits per heavy atom. The molecule has 0 aromatic heterocycles. The number of rotatable bonds is 4. The zero-order valence-corrected chi connectivity index (χ0v) is 9.07. The Labute approximate surface area is 89.6 Å². The van der Waals surface area contributed by atoms with E-state index >= 15 is 0 Å². The second-order valence-electron chi connectivity index (χ2n) is 3.86. The van der Waals surface area contributed by atoms with Gasteiger partial charge in [-0.3, -0.25) is 9.59 Å². The molecule has 0 bridgehead atoms. The van der Waals surface area contributed by atoms with Crippen molar-refractivity contribution in [3.05, 3.63) is 0 Å². The molecule has 1 aliphatic rings. The molecule has 1 saturated heterocycles. The van der Waals surface area contributed by atoms with E-state index in [2.05, 4.69) is 0 Å². The van der Waals surface area contributed by atoms with Crippen molar-refractivity contribution in [1.82, 2.24) is 4.90 Å². The molecule has 1 aliphatic heterocycles. The summed E-state index contributed by atoms with van der Waals surface area (Å²) in [6.07, 6.45) is 0.523. The Bertz CT molecular complexity index is 237. The van der Waals surface area contributed by atoms with Crippen LogP contribution in [-0.4, -0.2) is 48.9 Å². The third-order valence-electron chi connectivity index (χ3n) is 2.35. The van der Waals surface area contributed by atoms with Gasteiger partial charge in [0.1, 0.15) is 5.78 Å². The molecule has 1 heterocycles. The Kier molecular flexibility index (Phi) is 4.71. The van der Waals surface area contributed by atoms with Crippen LogP contribution in [-0.2, 0) is 14.3 Å². The van der Waals surface area contributed by atoms with Crippen molar-refractivity contribution in [3.8, 4) is 0 Å². The first kappa shape index (κ1) is 12.1. The standard InChI is InChI=1S/C10H18N2O3/c1-8(13)6-9(11)7-10(14)12-2-4-15-5-3-12/h9H,2-7,11H2,1H3/t9-/m0/s1. The minimum Gasteiger partial charge on any atom is -0.378 e. The summed E-state index contributed by atoms with van der Waals surface area (Å²) >= 11 is 0. The van der Waals surface area contributed by atoms with Crippen LogP contribution < -0.4 is 5.73 Å². The van der Waals surface area contributed by atoms with Gasteiger partial charge in [-0.25, -0.2) is 0 Å². The minimum absolute atomic E-state index is 0.0204. The molecule has 1 fully saturated rings. The van der Waals surface area contributed by atoms with Crippen molar-refractivity contribution in [2.75, 3.05) is 26.3 Å². The van der Waals surface area contributed by atoms with Gasteiger partial charge >= 0.3 is 0 Å². The third-order valence-corrected chi connectivity index (χ3v) is 2.35. The van der Waals surface area contributed by atoms with E-state index in [0.717, 1.165) is 0 Å². The second kappa shape index (κ2) is 5.82. The largest absolute Gasteiger partial charge is 0.378 e. The molecule has 5 heteroatoms. The average Bonchev–Trinajstić information content (AvgIpc) is 2.17. The summed E-state index contributed by atoms with van der Waals surface area (Å²) in [7, 11) is 0. The number of amides is 1. The zero-order chi connectivity index (χ0) is 11.3. The molecule has 2 N–H and O–H groups in total. The molecule has 0 unspecified atom stereocenters. The van der Waals surface area contributed by atoms with E-state index in [1.807, 2.05) is 0 Å². The lowest BCUT2D eigenvalue weighted by atomic mass is 10.1. The summed E-state index contributed by atoms with van der Waals surface area (Å²) in [4.78, 5) is 24.2. The molecule has 0 spiro atoms. The number of carbonyl (C=O) groups excluding carboxylic acids is 2. The van der Waals surface area contributed by atoms with Crippen molar-refractivity contribution < 1.29 is 14.3 Å². The van der Waals surface area contributed by atoms with Gasteiger partial charge in [0.25, 0.3) is 0 Å². The molecule has 0 aromatic carbocycles. The summed E-state index contributed by atoms with van der Waals surface area (Å²) < 4.78 is 5.14. The van der Waals surface area contributed by atoms with Crippen molar-refractivity contribution >= 4 is 11.7 Å². The summed E-state index contributed by atoms with van der Waals surface area (Å²) in [6.45, 7) is 3.93. The highest BCUT2D eigenvalue weighted by Gasteiger charge is 2.19. The number of nitrogens with zero attached hydrogens (tertiary/aromatic N) is 1. The molecule has 15 heavy (non-hydrogen) atoms. The van der Waals surface area contributed by atoms with Gasteiger partial charge in [-0.15, -0.1) is 0 Å².